The third-order valence-electron chi connectivity index (χ3n) is 8.10. The number of rotatable bonds is 5. The molecule has 1 aromatic heterocycles. The molecule has 7 rings (SSSR count). The van der Waals surface area contributed by atoms with E-state index < -0.39 is 5.60 Å². The molecule has 5 aliphatic rings. The molecule has 2 heterocycles. The zero-order valence-electron chi connectivity index (χ0n) is 17.2. The fourth-order valence-electron chi connectivity index (χ4n) is 7.23. The van der Waals surface area contributed by atoms with E-state index >= 15 is 0 Å². The first-order valence-corrected chi connectivity index (χ1v) is 12.1. The molecular weight excluding hydrogens is 444 g/mol. The number of fused-ring (bicyclic) bond motifs is 1. The van der Waals surface area contributed by atoms with E-state index in [0.717, 1.165) is 39.7 Å². The van der Waals surface area contributed by atoms with Gasteiger partial charge in [0, 0.05) is 22.6 Å². The summed E-state index contributed by atoms with van der Waals surface area (Å²) in [5.74, 6) is 2.65. The van der Waals surface area contributed by atoms with Gasteiger partial charge in [-0.2, -0.15) is 0 Å². The lowest BCUT2D eigenvalue weighted by atomic mass is 9.49. The molecule has 1 aromatic carbocycles. The van der Waals surface area contributed by atoms with Gasteiger partial charge in [-0.05, 0) is 73.8 Å². The fourth-order valence-corrected chi connectivity index (χ4v) is 7.80. The van der Waals surface area contributed by atoms with Crippen LogP contribution in [0.2, 0.25) is 0 Å². The number of nitrogens with one attached hydrogen (secondary N) is 1. The van der Waals surface area contributed by atoms with Crippen LogP contribution in [-0.2, 0) is 11.3 Å². The van der Waals surface area contributed by atoms with Gasteiger partial charge in [0.25, 0.3) is 5.91 Å². The summed E-state index contributed by atoms with van der Waals surface area (Å²) in [5, 5.41) is 14.8. The molecule has 30 heavy (non-hydrogen) atoms. The number of hydrogen-bond donors (Lipinski definition) is 2. The Morgan fingerprint density at radius 3 is 2.43 bits per heavy atom. The van der Waals surface area contributed by atoms with Crippen molar-refractivity contribution in [1.82, 2.24) is 9.88 Å². The fraction of sp³-hybridized carbons (Fsp3) is 0.625. The van der Waals surface area contributed by atoms with Crippen molar-refractivity contribution in [2.24, 2.45) is 23.2 Å². The van der Waals surface area contributed by atoms with Gasteiger partial charge < -0.3 is 19.7 Å². The number of ether oxygens (including phenoxy) is 1. The Kier molecular flexibility index (Phi) is 4.39. The molecule has 6 heteroatoms. The molecule has 1 saturated heterocycles. The van der Waals surface area contributed by atoms with Crippen LogP contribution in [0.3, 0.4) is 0 Å². The molecule has 0 unspecified atom stereocenters. The van der Waals surface area contributed by atoms with Crippen LogP contribution in [0.25, 0.3) is 10.9 Å². The SMILES string of the molecule is O=C(NCC12CC3CC(CC(C3)C1)C2)c1cn(CC2(O)COC2)c2cccc(Br)c12. The van der Waals surface area contributed by atoms with Gasteiger partial charge in [0.05, 0.1) is 30.8 Å². The first kappa shape index (κ1) is 19.3. The first-order chi connectivity index (χ1) is 14.4. The summed E-state index contributed by atoms with van der Waals surface area (Å²) in [6, 6.07) is 5.96. The summed E-state index contributed by atoms with van der Waals surface area (Å²) in [5.41, 5.74) is 1.12. The summed E-state index contributed by atoms with van der Waals surface area (Å²) in [4.78, 5) is 13.3. The number of amides is 1. The molecule has 0 radical (unpaired) electrons. The van der Waals surface area contributed by atoms with Gasteiger partial charge in [0.1, 0.15) is 5.60 Å². The van der Waals surface area contributed by atoms with Crippen LogP contribution in [0, 0.1) is 23.2 Å². The molecule has 4 aliphatic carbocycles. The monoisotopic (exact) mass is 472 g/mol. The minimum absolute atomic E-state index is 0.00163. The van der Waals surface area contributed by atoms with Crippen LogP contribution in [0.15, 0.2) is 28.9 Å². The molecule has 1 aliphatic heterocycles. The number of halogens is 1. The van der Waals surface area contributed by atoms with Crippen molar-refractivity contribution in [3.05, 3.63) is 34.4 Å². The maximum Gasteiger partial charge on any atom is 0.253 e. The van der Waals surface area contributed by atoms with Crippen LogP contribution in [0.5, 0.6) is 0 Å². The van der Waals surface area contributed by atoms with Crippen molar-refractivity contribution < 1.29 is 14.6 Å². The topological polar surface area (TPSA) is 63.5 Å². The van der Waals surface area contributed by atoms with Crippen molar-refractivity contribution in [1.29, 1.82) is 0 Å². The maximum atomic E-state index is 13.3. The number of aliphatic hydroxyl groups is 1. The summed E-state index contributed by atoms with van der Waals surface area (Å²) >= 11 is 3.64. The summed E-state index contributed by atoms with van der Waals surface area (Å²) < 4.78 is 8.12. The van der Waals surface area contributed by atoms with Gasteiger partial charge in [-0.1, -0.05) is 22.0 Å². The second-order valence-electron chi connectivity index (χ2n) is 10.6. The van der Waals surface area contributed by atoms with Crippen molar-refractivity contribution in [3.63, 3.8) is 0 Å². The third-order valence-corrected chi connectivity index (χ3v) is 8.76. The molecule has 160 valence electrons. The van der Waals surface area contributed by atoms with Gasteiger partial charge in [-0.25, -0.2) is 0 Å². The average molecular weight is 473 g/mol. The third kappa shape index (κ3) is 3.14. The van der Waals surface area contributed by atoms with Crippen LogP contribution in [0.4, 0.5) is 0 Å². The quantitative estimate of drug-likeness (QED) is 0.687. The normalized spacial score (nSPS) is 33.6. The molecule has 2 aromatic rings. The number of aromatic nitrogens is 1. The number of carbonyl (C=O) groups excluding carboxylic acids is 1. The van der Waals surface area contributed by atoms with E-state index in [4.69, 9.17) is 4.74 Å². The van der Waals surface area contributed by atoms with E-state index in [0.29, 0.717) is 30.7 Å². The average Bonchev–Trinajstić information content (AvgIpc) is 3.04. The van der Waals surface area contributed by atoms with Crippen LogP contribution < -0.4 is 5.32 Å². The van der Waals surface area contributed by atoms with Crippen molar-refractivity contribution in [3.8, 4) is 0 Å². The lowest BCUT2D eigenvalue weighted by Gasteiger charge is -2.56. The van der Waals surface area contributed by atoms with Gasteiger partial charge in [0.15, 0.2) is 0 Å². The summed E-state index contributed by atoms with van der Waals surface area (Å²) in [6.07, 6.45) is 10.0. The van der Waals surface area contributed by atoms with E-state index in [9.17, 15) is 9.90 Å². The molecule has 0 atom stereocenters. The van der Waals surface area contributed by atoms with E-state index in [1.54, 1.807) is 0 Å². The highest BCUT2D eigenvalue weighted by Crippen LogP contribution is 2.59. The molecule has 4 saturated carbocycles. The Labute approximate surface area is 185 Å². The minimum Gasteiger partial charge on any atom is -0.383 e. The van der Waals surface area contributed by atoms with Gasteiger partial charge in [-0.3, -0.25) is 4.79 Å². The number of nitrogens with zero attached hydrogens (tertiary/aromatic N) is 1. The molecule has 0 spiro atoms. The zero-order chi connectivity index (χ0) is 20.5. The Balaban J connectivity index is 1.26. The lowest BCUT2D eigenvalue weighted by Crippen LogP contribution is -2.52. The van der Waals surface area contributed by atoms with Gasteiger partial charge in [-0.15, -0.1) is 0 Å². The molecular formula is C24H29BrN2O3. The Morgan fingerprint density at radius 1 is 1.17 bits per heavy atom. The van der Waals surface area contributed by atoms with Crippen LogP contribution in [0.1, 0.15) is 48.9 Å². The summed E-state index contributed by atoms with van der Waals surface area (Å²) in [7, 11) is 0. The van der Waals surface area contributed by atoms with E-state index in [1.165, 1.54) is 38.5 Å². The lowest BCUT2D eigenvalue weighted by molar-refractivity contribution is -0.184. The van der Waals surface area contributed by atoms with Crippen LogP contribution >= 0.6 is 15.9 Å². The van der Waals surface area contributed by atoms with E-state index in [-0.39, 0.29) is 5.91 Å². The predicted octanol–water partition coefficient (Wildman–Crippen LogP) is 4.11. The highest BCUT2D eigenvalue weighted by molar-refractivity contribution is 9.10. The molecule has 5 fully saturated rings. The van der Waals surface area contributed by atoms with Crippen molar-refractivity contribution >= 4 is 32.7 Å². The zero-order valence-corrected chi connectivity index (χ0v) is 18.8. The van der Waals surface area contributed by atoms with Crippen molar-refractivity contribution in [2.75, 3.05) is 19.8 Å². The van der Waals surface area contributed by atoms with Gasteiger partial charge >= 0.3 is 0 Å². The first-order valence-electron chi connectivity index (χ1n) is 11.3. The standard InChI is InChI=1S/C24H29BrN2O3/c25-19-2-1-3-20-21(19)18(10-27(20)12-24(29)13-30-14-24)22(28)26-11-23-7-15-4-16(8-23)6-17(5-15)9-23/h1-3,10,15-17,29H,4-9,11-14H2,(H,26,28). The number of hydrogen-bond acceptors (Lipinski definition) is 3. The Bertz CT molecular complexity index is 974. The Hall–Kier alpha value is -1.37. The second-order valence-corrected chi connectivity index (χ2v) is 11.5. The number of benzene rings is 1. The molecule has 1 amide bonds. The molecule has 4 bridgehead atoms. The smallest absolute Gasteiger partial charge is 0.253 e. The highest BCUT2D eigenvalue weighted by atomic mass is 79.9. The molecule has 2 N–H and O–H groups in total. The summed E-state index contributed by atoms with van der Waals surface area (Å²) in [6.45, 7) is 1.91. The largest absolute Gasteiger partial charge is 0.383 e. The minimum atomic E-state index is -0.846. The highest BCUT2D eigenvalue weighted by Gasteiger charge is 2.50. The Morgan fingerprint density at radius 2 is 1.83 bits per heavy atom. The van der Waals surface area contributed by atoms with E-state index in [1.807, 2.05) is 29.0 Å². The van der Waals surface area contributed by atoms with Crippen molar-refractivity contribution in [2.45, 2.75) is 50.7 Å². The van der Waals surface area contributed by atoms with Crippen LogP contribution in [-0.4, -0.2) is 40.9 Å². The second kappa shape index (κ2) is 6.81. The van der Waals surface area contributed by atoms with E-state index in [2.05, 4.69) is 21.2 Å². The van der Waals surface area contributed by atoms with Gasteiger partial charge in [0.2, 0.25) is 0 Å². The predicted molar refractivity (Wildman–Crippen MR) is 118 cm³/mol. The molecule has 5 nitrogen and oxygen atoms in total. The maximum absolute atomic E-state index is 13.3. The number of carbonyl (C=O) groups is 1.